The van der Waals surface area contributed by atoms with Crippen molar-refractivity contribution in [2.24, 2.45) is 0 Å². The molecule has 7 heteroatoms. The van der Waals surface area contributed by atoms with E-state index >= 15 is 0 Å². The number of halogens is 1. The van der Waals surface area contributed by atoms with Gasteiger partial charge >= 0.3 is 0 Å². The number of benzene rings is 1. The molecule has 0 saturated heterocycles. The van der Waals surface area contributed by atoms with E-state index in [2.05, 4.69) is 20.8 Å². The lowest BCUT2D eigenvalue weighted by Crippen LogP contribution is -2.31. The smallest absolute Gasteiger partial charge is 0.248 e. The minimum atomic E-state index is -0.427. The van der Waals surface area contributed by atoms with E-state index in [9.17, 15) is 4.79 Å². The highest BCUT2D eigenvalue weighted by Gasteiger charge is 2.15. The molecule has 1 amide bonds. The van der Waals surface area contributed by atoms with Gasteiger partial charge in [0.1, 0.15) is 11.0 Å². The minimum Gasteiger partial charge on any atom is -0.373 e. The number of aryl methyl sites for hydroxylation is 1. The Morgan fingerprint density at radius 1 is 1.40 bits per heavy atom. The Morgan fingerprint density at radius 3 is 2.80 bits per heavy atom. The molecular formula is C13H15ClN4OS. The van der Waals surface area contributed by atoms with Crippen LogP contribution < -0.4 is 10.6 Å². The van der Waals surface area contributed by atoms with Crippen molar-refractivity contribution in [1.82, 2.24) is 10.2 Å². The molecule has 2 aromatic rings. The molecule has 1 aromatic heterocycles. The van der Waals surface area contributed by atoms with Crippen LogP contribution in [0.25, 0.3) is 0 Å². The first-order valence-electron chi connectivity index (χ1n) is 6.24. The Morgan fingerprint density at radius 2 is 2.15 bits per heavy atom. The summed E-state index contributed by atoms with van der Waals surface area (Å²) >= 11 is 7.42. The van der Waals surface area contributed by atoms with Crippen molar-refractivity contribution in [2.75, 3.05) is 10.6 Å². The van der Waals surface area contributed by atoms with Gasteiger partial charge in [-0.25, -0.2) is 0 Å². The lowest BCUT2D eigenvalue weighted by atomic mass is 10.2. The normalized spacial score (nSPS) is 11.9. The van der Waals surface area contributed by atoms with Gasteiger partial charge in [0, 0.05) is 0 Å². The van der Waals surface area contributed by atoms with Crippen LogP contribution in [0, 0.1) is 0 Å². The summed E-state index contributed by atoms with van der Waals surface area (Å²) in [5.74, 6) is -0.177. The Bertz CT molecular complexity index is 602. The van der Waals surface area contributed by atoms with Crippen LogP contribution in [0.2, 0.25) is 5.02 Å². The number of carbonyl (C=O) groups is 1. The summed E-state index contributed by atoms with van der Waals surface area (Å²) in [6.45, 7) is 3.76. The summed E-state index contributed by atoms with van der Waals surface area (Å²) in [6, 6.07) is 6.87. The van der Waals surface area contributed by atoms with Crippen molar-refractivity contribution in [3.63, 3.8) is 0 Å². The van der Waals surface area contributed by atoms with Crippen LogP contribution in [0.1, 0.15) is 18.9 Å². The molecule has 0 aliphatic carbocycles. The molecule has 1 heterocycles. The van der Waals surface area contributed by atoms with Crippen molar-refractivity contribution in [3.05, 3.63) is 34.3 Å². The van der Waals surface area contributed by atoms with Crippen LogP contribution in [0.4, 0.5) is 10.8 Å². The zero-order valence-electron chi connectivity index (χ0n) is 11.2. The van der Waals surface area contributed by atoms with E-state index in [1.807, 2.05) is 25.1 Å². The largest absolute Gasteiger partial charge is 0.373 e. The van der Waals surface area contributed by atoms with E-state index in [1.54, 1.807) is 13.0 Å². The van der Waals surface area contributed by atoms with Gasteiger partial charge in [-0.3, -0.25) is 10.1 Å². The Hall–Kier alpha value is -1.66. The number of amides is 1. The number of nitrogens with one attached hydrogen (secondary N) is 2. The highest BCUT2D eigenvalue weighted by atomic mass is 35.5. The third kappa shape index (κ3) is 3.68. The van der Waals surface area contributed by atoms with Crippen molar-refractivity contribution < 1.29 is 4.79 Å². The lowest BCUT2D eigenvalue weighted by Gasteiger charge is -2.14. The van der Waals surface area contributed by atoms with Gasteiger partial charge in [-0.2, -0.15) is 0 Å². The van der Waals surface area contributed by atoms with E-state index in [-0.39, 0.29) is 5.91 Å². The molecule has 1 atom stereocenters. The number of nitrogens with zero attached hydrogens (tertiary/aromatic N) is 2. The van der Waals surface area contributed by atoms with Crippen LogP contribution in [0.15, 0.2) is 24.3 Å². The monoisotopic (exact) mass is 310 g/mol. The van der Waals surface area contributed by atoms with E-state index in [4.69, 9.17) is 11.6 Å². The van der Waals surface area contributed by atoms with Gasteiger partial charge in [-0.05, 0) is 25.5 Å². The number of hydrogen-bond acceptors (Lipinski definition) is 5. The second kappa shape index (κ2) is 6.67. The summed E-state index contributed by atoms with van der Waals surface area (Å²) in [5.41, 5.74) is 0.725. The van der Waals surface area contributed by atoms with Gasteiger partial charge in [0.15, 0.2) is 0 Å². The van der Waals surface area contributed by atoms with Gasteiger partial charge in [-0.1, -0.05) is 42.0 Å². The number of carbonyl (C=O) groups excluding carboxylic acids is 1. The van der Waals surface area contributed by atoms with Crippen LogP contribution in [0.3, 0.4) is 0 Å². The first-order chi connectivity index (χ1) is 9.60. The van der Waals surface area contributed by atoms with Crippen molar-refractivity contribution >= 4 is 39.7 Å². The average molecular weight is 311 g/mol. The van der Waals surface area contributed by atoms with E-state index < -0.39 is 6.04 Å². The lowest BCUT2D eigenvalue weighted by molar-refractivity contribution is -0.116. The zero-order chi connectivity index (χ0) is 14.5. The minimum absolute atomic E-state index is 0.177. The number of aromatic nitrogens is 2. The molecular weight excluding hydrogens is 296 g/mol. The summed E-state index contributed by atoms with van der Waals surface area (Å²) < 4.78 is 0. The first kappa shape index (κ1) is 14.7. The van der Waals surface area contributed by atoms with Crippen LogP contribution in [-0.2, 0) is 11.2 Å². The number of hydrogen-bond donors (Lipinski definition) is 2. The van der Waals surface area contributed by atoms with Gasteiger partial charge in [0.05, 0.1) is 10.7 Å². The van der Waals surface area contributed by atoms with Crippen molar-refractivity contribution in [3.8, 4) is 0 Å². The topological polar surface area (TPSA) is 66.9 Å². The van der Waals surface area contributed by atoms with Crippen molar-refractivity contribution in [2.45, 2.75) is 26.3 Å². The second-order valence-electron chi connectivity index (χ2n) is 4.19. The third-order valence-corrected chi connectivity index (χ3v) is 3.95. The fourth-order valence-corrected chi connectivity index (χ4v) is 2.41. The Labute approximate surface area is 126 Å². The number of anilines is 2. The standard InChI is InChI=1S/C13H15ClN4OS/c1-3-11-17-18-13(20-11)16-12(19)8(2)15-10-7-5-4-6-9(10)14/h4-8,15H,3H2,1-2H3,(H,16,18,19)/t8-/m0/s1. The van der Waals surface area contributed by atoms with Crippen LogP contribution in [0.5, 0.6) is 0 Å². The molecule has 0 aliphatic heterocycles. The molecule has 0 aliphatic rings. The number of para-hydroxylation sites is 1. The van der Waals surface area contributed by atoms with E-state index in [0.29, 0.717) is 10.2 Å². The molecule has 0 fully saturated rings. The fourth-order valence-electron chi connectivity index (χ4n) is 1.54. The third-order valence-electron chi connectivity index (χ3n) is 2.64. The second-order valence-corrected chi connectivity index (χ2v) is 5.66. The molecule has 0 spiro atoms. The quantitative estimate of drug-likeness (QED) is 0.890. The van der Waals surface area contributed by atoms with Gasteiger partial charge in [0.25, 0.3) is 0 Å². The molecule has 5 nitrogen and oxygen atoms in total. The summed E-state index contributed by atoms with van der Waals surface area (Å²) in [6.07, 6.45) is 0.807. The first-order valence-corrected chi connectivity index (χ1v) is 7.44. The molecule has 0 bridgehead atoms. The Kier molecular flexibility index (Phi) is 4.92. The van der Waals surface area contributed by atoms with Gasteiger partial charge in [-0.15, -0.1) is 10.2 Å². The van der Waals surface area contributed by atoms with E-state index in [0.717, 1.165) is 17.1 Å². The predicted octanol–water partition coefficient (Wildman–Crippen LogP) is 3.19. The highest BCUT2D eigenvalue weighted by Crippen LogP contribution is 2.21. The van der Waals surface area contributed by atoms with Gasteiger partial charge in [0.2, 0.25) is 11.0 Å². The predicted molar refractivity (Wildman–Crippen MR) is 82.5 cm³/mol. The fraction of sp³-hybridized carbons (Fsp3) is 0.308. The SMILES string of the molecule is CCc1nnc(NC(=O)[C@H](C)Nc2ccccc2Cl)s1. The maximum Gasteiger partial charge on any atom is 0.248 e. The molecule has 2 N–H and O–H groups in total. The average Bonchev–Trinajstić information content (AvgIpc) is 2.89. The molecule has 106 valence electrons. The number of rotatable bonds is 5. The maximum absolute atomic E-state index is 12.0. The zero-order valence-corrected chi connectivity index (χ0v) is 12.8. The molecule has 0 unspecified atom stereocenters. The molecule has 0 radical (unpaired) electrons. The summed E-state index contributed by atoms with van der Waals surface area (Å²) in [5, 5.41) is 15.7. The molecule has 1 aromatic carbocycles. The summed E-state index contributed by atoms with van der Waals surface area (Å²) in [4.78, 5) is 12.0. The molecule has 20 heavy (non-hydrogen) atoms. The van der Waals surface area contributed by atoms with Crippen LogP contribution >= 0.6 is 22.9 Å². The van der Waals surface area contributed by atoms with Crippen LogP contribution in [-0.4, -0.2) is 22.1 Å². The summed E-state index contributed by atoms with van der Waals surface area (Å²) in [7, 11) is 0. The molecule has 2 rings (SSSR count). The van der Waals surface area contributed by atoms with Crippen molar-refractivity contribution in [1.29, 1.82) is 0 Å². The van der Waals surface area contributed by atoms with E-state index in [1.165, 1.54) is 11.3 Å². The molecule has 0 saturated carbocycles. The Balaban J connectivity index is 1.97. The maximum atomic E-state index is 12.0. The highest BCUT2D eigenvalue weighted by molar-refractivity contribution is 7.15. The van der Waals surface area contributed by atoms with Gasteiger partial charge < -0.3 is 5.32 Å².